The fraction of sp³-hybridized carbons (Fsp3) is 0.625. The van der Waals surface area contributed by atoms with E-state index in [-0.39, 0.29) is 0 Å². The van der Waals surface area contributed by atoms with E-state index in [4.69, 9.17) is 0 Å². The van der Waals surface area contributed by atoms with Gasteiger partial charge in [-0.15, -0.1) is 0 Å². The lowest BCUT2D eigenvalue weighted by Crippen LogP contribution is -2.29. The highest BCUT2D eigenvalue weighted by atomic mass is 16.3. The zero-order valence-electron chi connectivity index (χ0n) is 11.7. The second-order valence-electron chi connectivity index (χ2n) is 6.01. The van der Waals surface area contributed by atoms with Crippen molar-refractivity contribution in [3.8, 4) is 5.75 Å². The Labute approximate surface area is 110 Å². The maximum absolute atomic E-state index is 9.49. The number of rotatable bonds is 5. The second kappa shape index (κ2) is 5.75. The molecule has 2 nitrogen and oxygen atoms in total. The summed E-state index contributed by atoms with van der Waals surface area (Å²) in [6, 6.07) is 6.83. The van der Waals surface area contributed by atoms with Crippen molar-refractivity contribution in [3.63, 3.8) is 0 Å². The Morgan fingerprint density at radius 3 is 2.78 bits per heavy atom. The molecule has 0 amide bonds. The van der Waals surface area contributed by atoms with Crippen LogP contribution in [0.1, 0.15) is 57.2 Å². The molecule has 0 aromatic heterocycles. The van der Waals surface area contributed by atoms with Gasteiger partial charge in [0, 0.05) is 12.1 Å². The third-order valence-corrected chi connectivity index (χ3v) is 3.87. The van der Waals surface area contributed by atoms with Crippen LogP contribution in [0.15, 0.2) is 18.2 Å². The monoisotopic (exact) mass is 247 g/mol. The number of fused-ring (bicyclic) bond motifs is 1. The van der Waals surface area contributed by atoms with Crippen molar-refractivity contribution >= 4 is 0 Å². The van der Waals surface area contributed by atoms with Gasteiger partial charge in [-0.25, -0.2) is 0 Å². The number of aryl methyl sites for hydroxylation is 1. The van der Waals surface area contributed by atoms with Gasteiger partial charge in [-0.3, -0.25) is 0 Å². The van der Waals surface area contributed by atoms with Crippen molar-refractivity contribution in [2.24, 2.45) is 5.92 Å². The van der Waals surface area contributed by atoms with Gasteiger partial charge in [0.1, 0.15) is 5.75 Å². The third kappa shape index (κ3) is 3.26. The molecule has 1 aliphatic carbocycles. The van der Waals surface area contributed by atoms with Gasteiger partial charge in [-0.1, -0.05) is 19.9 Å². The first kappa shape index (κ1) is 13.4. The van der Waals surface area contributed by atoms with E-state index in [2.05, 4.69) is 32.2 Å². The largest absolute Gasteiger partial charge is 0.508 e. The minimum atomic E-state index is 0.391. The lowest BCUT2D eigenvalue weighted by Gasteiger charge is -2.21. The minimum absolute atomic E-state index is 0.391. The van der Waals surface area contributed by atoms with Crippen LogP contribution in [0.3, 0.4) is 0 Å². The second-order valence-corrected chi connectivity index (χ2v) is 6.01. The van der Waals surface area contributed by atoms with Crippen LogP contribution in [0, 0.1) is 5.92 Å². The summed E-state index contributed by atoms with van der Waals surface area (Å²) in [7, 11) is 0. The van der Waals surface area contributed by atoms with Gasteiger partial charge < -0.3 is 10.4 Å². The van der Waals surface area contributed by atoms with Crippen LogP contribution in [-0.4, -0.2) is 11.1 Å². The highest BCUT2D eigenvalue weighted by Gasteiger charge is 2.23. The summed E-state index contributed by atoms with van der Waals surface area (Å²) in [5.74, 6) is 1.17. The fourth-order valence-electron chi connectivity index (χ4n) is 2.79. The van der Waals surface area contributed by atoms with E-state index < -0.39 is 0 Å². The van der Waals surface area contributed by atoms with E-state index in [1.165, 1.54) is 24.0 Å². The molecule has 18 heavy (non-hydrogen) atoms. The number of hydrogen-bond acceptors (Lipinski definition) is 2. The Bertz CT molecular complexity index is 400. The molecule has 1 aromatic rings. The molecule has 0 saturated heterocycles. The summed E-state index contributed by atoms with van der Waals surface area (Å²) >= 11 is 0. The van der Waals surface area contributed by atoms with Crippen molar-refractivity contribution in [2.45, 2.75) is 58.5 Å². The van der Waals surface area contributed by atoms with Crippen LogP contribution in [-0.2, 0) is 6.42 Å². The van der Waals surface area contributed by atoms with Gasteiger partial charge in [0.15, 0.2) is 0 Å². The van der Waals surface area contributed by atoms with Crippen molar-refractivity contribution in [3.05, 3.63) is 29.3 Å². The molecule has 0 bridgehead atoms. The molecule has 0 saturated carbocycles. The summed E-state index contributed by atoms with van der Waals surface area (Å²) in [5.41, 5.74) is 2.69. The third-order valence-electron chi connectivity index (χ3n) is 3.87. The molecule has 1 aromatic carbocycles. The van der Waals surface area contributed by atoms with Crippen molar-refractivity contribution in [1.29, 1.82) is 0 Å². The topological polar surface area (TPSA) is 32.3 Å². The Balaban J connectivity index is 1.93. The molecular formula is C16H25NO. The number of nitrogens with one attached hydrogen (secondary N) is 1. The average Bonchev–Trinajstić information content (AvgIpc) is 2.69. The molecule has 1 aliphatic rings. The van der Waals surface area contributed by atoms with Crippen LogP contribution in [0.2, 0.25) is 0 Å². The molecule has 0 spiro atoms. The molecule has 0 aliphatic heterocycles. The highest BCUT2D eigenvalue weighted by molar-refractivity contribution is 5.40. The standard InChI is InChI=1S/C16H25NO/c1-11(2)4-5-12(3)17-16-9-6-13-10-14(18)7-8-15(13)16/h7-8,10-12,16-18H,4-6,9H2,1-3H3. The molecule has 2 heteroatoms. The van der Waals surface area contributed by atoms with Crippen LogP contribution in [0.5, 0.6) is 5.75 Å². The molecule has 100 valence electrons. The zero-order chi connectivity index (χ0) is 13.1. The first-order valence-corrected chi connectivity index (χ1v) is 7.14. The van der Waals surface area contributed by atoms with Gasteiger partial charge in [-0.2, -0.15) is 0 Å². The average molecular weight is 247 g/mol. The maximum atomic E-state index is 9.49. The quantitative estimate of drug-likeness (QED) is 0.829. The lowest BCUT2D eigenvalue weighted by molar-refractivity contribution is 0.402. The number of phenolic OH excluding ortho intramolecular Hbond substituents is 1. The molecule has 2 N–H and O–H groups in total. The van der Waals surface area contributed by atoms with Crippen molar-refractivity contribution < 1.29 is 5.11 Å². The van der Waals surface area contributed by atoms with Crippen molar-refractivity contribution in [2.75, 3.05) is 0 Å². The molecule has 0 fully saturated rings. The molecule has 2 atom stereocenters. The van der Waals surface area contributed by atoms with E-state index in [1.807, 2.05) is 6.07 Å². The van der Waals surface area contributed by atoms with E-state index in [9.17, 15) is 5.11 Å². The van der Waals surface area contributed by atoms with Gasteiger partial charge in [0.25, 0.3) is 0 Å². The summed E-state index contributed by atoms with van der Waals surface area (Å²) < 4.78 is 0. The predicted molar refractivity (Wildman–Crippen MR) is 75.8 cm³/mol. The number of hydrogen-bond donors (Lipinski definition) is 2. The number of benzene rings is 1. The van der Waals surface area contributed by atoms with Crippen LogP contribution < -0.4 is 5.32 Å². The SMILES string of the molecule is CC(C)CCC(C)NC1CCc2cc(O)ccc21. The summed E-state index contributed by atoms with van der Waals surface area (Å²) in [6.45, 7) is 6.83. The van der Waals surface area contributed by atoms with Crippen LogP contribution >= 0.6 is 0 Å². The highest BCUT2D eigenvalue weighted by Crippen LogP contribution is 2.33. The van der Waals surface area contributed by atoms with Gasteiger partial charge in [0.05, 0.1) is 0 Å². The molecular weight excluding hydrogens is 222 g/mol. The smallest absolute Gasteiger partial charge is 0.115 e. The lowest BCUT2D eigenvalue weighted by atomic mass is 10.0. The van der Waals surface area contributed by atoms with Crippen LogP contribution in [0.4, 0.5) is 0 Å². The maximum Gasteiger partial charge on any atom is 0.115 e. The molecule has 2 unspecified atom stereocenters. The van der Waals surface area contributed by atoms with Gasteiger partial charge >= 0.3 is 0 Å². The Morgan fingerprint density at radius 2 is 2.06 bits per heavy atom. The zero-order valence-corrected chi connectivity index (χ0v) is 11.7. The minimum Gasteiger partial charge on any atom is -0.508 e. The fourth-order valence-corrected chi connectivity index (χ4v) is 2.79. The van der Waals surface area contributed by atoms with Crippen LogP contribution in [0.25, 0.3) is 0 Å². The molecule has 0 radical (unpaired) electrons. The van der Waals surface area contributed by atoms with E-state index in [0.717, 1.165) is 18.8 Å². The van der Waals surface area contributed by atoms with E-state index in [1.54, 1.807) is 6.07 Å². The van der Waals surface area contributed by atoms with E-state index in [0.29, 0.717) is 17.8 Å². The Morgan fingerprint density at radius 1 is 1.28 bits per heavy atom. The summed E-state index contributed by atoms with van der Waals surface area (Å²) in [4.78, 5) is 0. The van der Waals surface area contributed by atoms with E-state index >= 15 is 0 Å². The van der Waals surface area contributed by atoms with Crippen molar-refractivity contribution in [1.82, 2.24) is 5.32 Å². The van der Waals surface area contributed by atoms with Gasteiger partial charge in [-0.05, 0) is 61.8 Å². The predicted octanol–water partition coefficient (Wildman–Crippen LogP) is 3.79. The number of phenols is 1. The molecule has 0 heterocycles. The summed E-state index contributed by atoms with van der Waals surface area (Å²) in [6.07, 6.45) is 4.76. The Hall–Kier alpha value is -1.02. The first-order valence-electron chi connectivity index (χ1n) is 7.14. The molecule has 2 rings (SSSR count). The Kier molecular flexibility index (Phi) is 4.28. The summed E-state index contributed by atoms with van der Waals surface area (Å²) in [5, 5.41) is 13.2. The normalized spacial score (nSPS) is 20.1. The van der Waals surface area contributed by atoms with Gasteiger partial charge in [0.2, 0.25) is 0 Å². The first-order chi connectivity index (χ1) is 8.56. The number of aromatic hydroxyl groups is 1.